The van der Waals surface area contributed by atoms with E-state index in [9.17, 15) is 4.39 Å². The molecule has 0 radical (unpaired) electrons. The fraction of sp³-hybridized carbons (Fsp3) is 0.0556. The van der Waals surface area contributed by atoms with Crippen LogP contribution in [-0.4, -0.2) is 30.0 Å². The van der Waals surface area contributed by atoms with Gasteiger partial charge in [-0.05, 0) is 69.8 Å². The number of nitriles is 1. The van der Waals surface area contributed by atoms with Gasteiger partial charge in [-0.15, -0.1) is 10.2 Å². The Hall–Kier alpha value is -3.13. The van der Waals surface area contributed by atoms with Crippen molar-refractivity contribution in [3.63, 3.8) is 0 Å². The zero-order valence-corrected chi connectivity index (χ0v) is 15.9. The molecule has 0 saturated carbocycles. The van der Waals surface area contributed by atoms with Gasteiger partial charge in [-0.1, -0.05) is 12.1 Å². The Kier molecular flexibility index (Phi) is 4.64. The first-order valence-corrected chi connectivity index (χ1v) is 8.98. The first-order valence-electron chi connectivity index (χ1n) is 7.91. The second kappa shape index (κ2) is 7.24. The van der Waals surface area contributed by atoms with Crippen LogP contribution in [0.1, 0.15) is 11.1 Å². The summed E-state index contributed by atoms with van der Waals surface area (Å²) in [5, 5.41) is 25.9. The van der Waals surface area contributed by atoms with E-state index in [-0.39, 0.29) is 5.82 Å². The maximum atomic E-state index is 13.1. The molecule has 0 N–H and O–H groups in total. The third-order valence-corrected chi connectivity index (χ3v) is 4.66. The molecule has 4 aromatic rings. The van der Waals surface area contributed by atoms with Gasteiger partial charge >= 0.3 is 0 Å². The zero-order valence-electron chi connectivity index (χ0n) is 13.8. The zero-order chi connectivity index (χ0) is 18.8. The molecule has 0 spiro atoms. The standard InChI is InChI=1S/C18H11FIN7/c19-14-5-7-15(8-6-14)26-11-16(17(20)23-26)18-22-25-27(24-18)10-13-3-1-12(9-21)2-4-13/h1-8,11H,10H2. The van der Waals surface area contributed by atoms with Crippen molar-refractivity contribution in [2.45, 2.75) is 6.54 Å². The second-order valence-electron chi connectivity index (χ2n) is 5.71. The van der Waals surface area contributed by atoms with Gasteiger partial charge in [-0.25, -0.2) is 9.07 Å². The van der Waals surface area contributed by atoms with Crippen LogP contribution >= 0.6 is 22.6 Å². The average molecular weight is 471 g/mol. The fourth-order valence-corrected chi connectivity index (χ4v) is 3.11. The van der Waals surface area contributed by atoms with Crippen molar-refractivity contribution < 1.29 is 4.39 Å². The van der Waals surface area contributed by atoms with Crippen molar-refractivity contribution in [1.29, 1.82) is 5.26 Å². The van der Waals surface area contributed by atoms with Crippen LogP contribution < -0.4 is 0 Å². The van der Waals surface area contributed by atoms with Crippen LogP contribution in [0.5, 0.6) is 0 Å². The number of hydrogen-bond donors (Lipinski definition) is 0. The van der Waals surface area contributed by atoms with Crippen molar-refractivity contribution in [3.8, 4) is 23.1 Å². The van der Waals surface area contributed by atoms with Crippen LogP contribution in [0.4, 0.5) is 4.39 Å². The van der Waals surface area contributed by atoms with Crippen LogP contribution in [0.2, 0.25) is 0 Å². The van der Waals surface area contributed by atoms with Gasteiger partial charge in [-0.3, -0.25) is 0 Å². The largest absolute Gasteiger partial charge is 0.239 e. The Morgan fingerprint density at radius 2 is 1.78 bits per heavy atom. The highest BCUT2D eigenvalue weighted by Crippen LogP contribution is 2.22. The number of aromatic nitrogens is 6. The van der Waals surface area contributed by atoms with Crippen LogP contribution in [0.3, 0.4) is 0 Å². The second-order valence-corrected chi connectivity index (χ2v) is 6.73. The Morgan fingerprint density at radius 3 is 2.48 bits per heavy atom. The summed E-state index contributed by atoms with van der Waals surface area (Å²) in [4.78, 5) is 1.49. The first kappa shape index (κ1) is 17.3. The van der Waals surface area contributed by atoms with Crippen LogP contribution in [0.25, 0.3) is 17.1 Å². The summed E-state index contributed by atoms with van der Waals surface area (Å²) in [5.41, 5.74) is 3.06. The number of nitrogens with zero attached hydrogens (tertiary/aromatic N) is 7. The number of benzene rings is 2. The molecule has 4 rings (SSSR count). The number of rotatable bonds is 4. The molecule has 27 heavy (non-hydrogen) atoms. The molecule has 0 bridgehead atoms. The van der Waals surface area contributed by atoms with Gasteiger partial charge < -0.3 is 0 Å². The first-order chi connectivity index (χ1) is 13.1. The molecule has 132 valence electrons. The third-order valence-electron chi connectivity index (χ3n) is 3.86. The SMILES string of the molecule is N#Cc1ccc(Cn2nnc(-c3cn(-c4ccc(F)cc4)nc3I)n2)cc1. The average Bonchev–Trinajstić information content (AvgIpc) is 3.29. The lowest BCUT2D eigenvalue weighted by Crippen LogP contribution is -2.04. The van der Waals surface area contributed by atoms with Gasteiger partial charge in [0.2, 0.25) is 5.82 Å². The topological polar surface area (TPSA) is 85.2 Å². The minimum Gasteiger partial charge on any atom is -0.239 e. The minimum atomic E-state index is -0.298. The maximum Gasteiger partial charge on any atom is 0.209 e. The van der Waals surface area contributed by atoms with Gasteiger partial charge in [-0.2, -0.15) is 15.2 Å². The molecule has 0 aliphatic carbocycles. The molecular formula is C18H11FIN7. The molecule has 2 aromatic carbocycles. The molecular weight excluding hydrogens is 460 g/mol. The van der Waals surface area contributed by atoms with Gasteiger partial charge in [0.25, 0.3) is 0 Å². The van der Waals surface area contributed by atoms with Gasteiger partial charge in [0.15, 0.2) is 0 Å². The normalized spacial score (nSPS) is 10.7. The van der Waals surface area contributed by atoms with Gasteiger partial charge in [0.05, 0.1) is 29.4 Å². The van der Waals surface area contributed by atoms with E-state index in [4.69, 9.17) is 5.26 Å². The number of tetrazole rings is 1. The summed E-state index contributed by atoms with van der Waals surface area (Å²) in [7, 11) is 0. The molecule has 0 aliphatic rings. The molecule has 7 nitrogen and oxygen atoms in total. The lowest BCUT2D eigenvalue weighted by Gasteiger charge is -1.99. The van der Waals surface area contributed by atoms with E-state index in [2.05, 4.69) is 49.2 Å². The van der Waals surface area contributed by atoms with E-state index in [0.717, 1.165) is 20.5 Å². The summed E-state index contributed by atoms with van der Waals surface area (Å²) >= 11 is 2.11. The van der Waals surface area contributed by atoms with E-state index in [1.54, 1.807) is 35.1 Å². The van der Waals surface area contributed by atoms with Crippen LogP contribution in [-0.2, 0) is 6.54 Å². The fourth-order valence-electron chi connectivity index (χ4n) is 2.49. The Balaban J connectivity index is 1.57. The summed E-state index contributed by atoms with van der Waals surface area (Å²) in [5.74, 6) is 0.162. The predicted molar refractivity (Wildman–Crippen MR) is 103 cm³/mol. The summed E-state index contributed by atoms with van der Waals surface area (Å²) in [6.07, 6.45) is 1.79. The Labute approximate surface area is 167 Å². The quantitative estimate of drug-likeness (QED) is 0.427. The van der Waals surface area contributed by atoms with E-state index >= 15 is 0 Å². The summed E-state index contributed by atoms with van der Waals surface area (Å²) in [6.45, 7) is 0.446. The molecule has 9 heteroatoms. The molecule has 0 aliphatic heterocycles. The molecule has 0 fully saturated rings. The maximum absolute atomic E-state index is 13.1. The molecule has 0 saturated heterocycles. The van der Waals surface area contributed by atoms with Crippen molar-refractivity contribution >= 4 is 22.6 Å². The van der Waals surface area contributed by atoms with E-state index in [1.807, 2.05) is 12.1 Å². The number of halogens is 2. The highest BCUT2D eigenvalue weighted by molar-refractivity contribution is 14.1. The van der Waals surface area contributed by atoms with E-state index in [0.29, 0.717) is 17.9 Å². The third kappa shape index (κ3) is 3.70. The number of hydrogen-bond acceptors (Lipinski definition) is 5. The van der Waals surface area contributed by atoms with Crippen molar-refractivity contribution in [2.24, 2.45) is 0 Å². The molecule has 0 amide bonds. The molecule has 2 aromatic heterocycles. The molecule has 0 atom stereocenters. The Bertz CT molecular complexity index is 1120. The van der Waals surface area contributed by atoms with Crippen molar-refractivity contribution in [1.82, 2.24) is 30.0 Å². The van der Waals surface area contributed by atoms with Gasteiger partial charge in [0.1, 0.15) is 9.52 Å². The summed E-state index contributed by atoms with van der Waals surface area (Å²) < 4.78 is 15.5. The van der Waals surface area contributed by atoms with Crippen molar-refractivity contribution in [2.75, 3.05) is 0 Å². The van der Waals surface area contributed by atoms with E-state index in [1.165, 1.54) is 16.9 Å². The Morgan fingerprint density at radius 1 is 1.04 bits per heavy atom. The smallest absolute Gasteiger partial charge is 0.209 e. The minimum absolute atomic E-state index is 0.298. The van der Waals surface area contributed by atoms with Crippen LogP contribution in [0.15, 0.2) is 54.7 Å². The van der Waals surface area contributed by atoms with E-state index < -0.39 is 0 Å². The van der Waals surface area contributed by atoms with Crippen molar-refractivity contribution in [3.05, 3.63) is 75.4 Å². The summed E-state index contributed by atoms with van der Waals surface area (Å²) in [6, 6.07) is 15.4. The van der Waals surface area contributed by atoms with Crippen LogP contribution in [0, 0.1) is 20.8 Å². The molecule has 0 unspecified atom stereocenters. The highest BCUT2D eigenvalue weighted by atomic mass is 127. The highest BCUT2D eigenvalue weighted by Gasteiger charge is 2.15. The monoisotopic (exact) mass is 471 g/mol. The lowest BCUT2D eigenvalue weighted by molar-refractivity contribution is 0.573. The van der Waals surface area contributed by atoms with Gasteiger partial charge in [0, 0.05) is 6.20 Å². The molecule has 2 heterocycles. The predicted octanol–water partition coefficient (Wildman–Crippen LogP) is 3.19. The lowest BCUT2D eigenvalue weighted by atomic mass is 10.1.